The van der Waals surface area contributed by atoms with E-state index in [-0.39, 0.29) is 23.5 Å². The summed E-state index contributed by atoms with van der Waals surface area (Å²) >= 11 is 0. The number of nitrogens with two attached hydrogens (primary N) is 1. The maximum atomic E-state index is 13.0. The topological polar surface area (TPSA) is 97.5 Å². The third kappa shape index (κ3) is 3.32. The average Bonchev–Trinajstić information content (AvgIpc) is 2.60. The van der Waals surface area contributed by atoms with Crippen molar-refractivity contribution >= 4 is 29.1 Å². The summed E-state index contributed by atoms with van der Waals surface area (Å²) in [6.07, 6.45) is 0. The molecule has 7 heteroatoms. The maximum absolute atomic E-state index is 13.0. The molecule has 0 spiro atoms. The molecule has 1 unspecified atom stereocenters. The molecule has 0 bridgehead atoms. The molecule has 0 saturated heterocycles. The van der Waals surface area contributed by atoms with E-state index in [9.17, 15) is 9.59 Å². The molecule has 0 aliphatic carbocycles. The first-order valence-corrected chi connectivity index (χ1v) is 8.78. The molecule has 1 aliphatic rings. The van der Waals surface area contributed by atoms with Crippen LogP contribution in [-0.4, -0.2) is 28.4 Å². The summed E-state index contributed by atoms with van der Waals surface area (Å²) < 4.78 is 5.76. The molecule has 0 saturated carbocycles. The summed E-state index contributed by atoms with van der Waals surface area (Å²) in [7, 11) is 0. The summed E-state index contributed by atoms with van der Waals surface area (Å²) in [5.41, 5.74) is 7.45. The third-order valence-electron chi connectivity index (χ3n) is 4.82. The highest BCUT2D eigenvalue weighted by Crippen LogP contribution is 2.38. The van der Waals surface area contributed by atoms with E-state index >= 15 is 0 Å². The number of aromatic nitrogens is 1. The van der Waals surface area contributed by atoms with Crippen LogP contribution in [-0.2, 0) is 9.59 Å². The molecule has 2 heterocycles. The van der Waals surface area contributed by atoms with Gasteiger partial charge < -0.3 is 15.8 Å². The number of rotatable bonds is 3. The van der Waals surface area contributed by atoms with Crippen molar-refractivity contribution in [3.05, 3.63) is 41.5 Å². The Morgan fingerprint density at radius 3 is 2.67 bits per heavy atom. The number of hydrogen-bond acceptors (Lipinski definition) is 5. The van der Waals surface area contributed by atoms with Gasteiger partial charge in [0.15, 0.2) is 17.2 Å². The second-order valence-corrected chi connectivity index (χ2v) is 7.26. The van der Waals surface area contributed by atoms with Crippen LogP contribution in [0.1, 0.15) is 31.9 Å². The summed E-state index contributed by atoms with van der Waals surface area (Å²) in [5, 5.41) is 2.91. The van der Waals surface area contributed by atoms with Crippen molar-refractivity contribution in [2.24, 2.45) is 0 Å². The molecule has 0 fully saturated rings. The Labute approximate surface area is 158 Å². The first-order valence-electron chi connectivity index (χ1n) is 8.78. The minimum atomic E-state index is -1.11. The van der Waals surface area contributed by atoms with Crippen LogP contribution < -0.4 is 20.7 Å². The molecule has 2 amide bonds. The van der Waals surface area contributed by atoms with Gasteiger partial charge in [0.2, 0.25) is 5.91 Å². The van der Waals surface area contributed by atoms with Crippen LogP contribution in [0.25, 0.3) is 0 Å². The lowest BCUT2D eigenvalue weighted by molar-refractivity contribution is -0.134. The second kappa shape index (κ2) is 6.57. The molecular weight excluding hydrogens is 344 g/mol. The lowest BCUT2D eigenvalue weighted by Crippen LogP contribution is -2.58. The number of aryl methyl sites for hydroxylation is 1. The van der Waals surface area contributed by atoms with Gasteiger partial charge in [0.1, 0.15) is 11.9 Å². The van der Waals surface area contributed by atoms with Gasteiger partial charge in [0, 0.05) is 5.69 Å². The molecule has 1 atom stereocenters. The number of pyridine rings is 1. The largest absolute Gasteiger partial charge is 0.474 e. The van der Waals surface area contributed by atoms with Crippen LogP contribution in [0, 0.1) is 13.8 Å². The fourth-order valence-electron chi connectivity index (χ4n) is 3.01. The Balaban J connectivity index is 1.96. The quantitative estimate of drug-likeness (QED) is 0.868. The monoisotopic (exact) mass is 368 g/mol. The number of carbonyl (C=O) groups is 2. The zero-order valence-corrected chi connectivity index (χ0v) is 16.2. The molecule has 142 valence electrons. The SMILES string of the molecule is Cc1cccc(NC(=O)C(C)N2C(=O)C(C)(C)Oc3ccc(N)nc32)c1C. The van der Waals surface area contributed by atoms with Crippen LogP contribution in [0.5, 0.6) is 5.75 Å². The number of amides is 2. The van der Waals surface area contributed by atoms with Crippen molar-refractivity contribution in [2.75, 3.05) is 16.0 Å². The van der Waals surface area contributed by atoms with E-state index in [0.29, 0.717) is 11.4 Å². The van der Waals surface area contributed by atoms with E-state index in [4.69, 9.17) is 10.5 Å². The molecule has 1 aliphatic heterocycles. The Hall–Kier alpha value is -3.09. The van der Waals surface area contributed by atoms with E-state index < -0.39 is 11.6 Å². The molecule has 3 N–H and O–H groups in total. The fourth-order valence-corrected chi connectivity index (χ4v) is 3.01. The van der Waals surface area contributed by atoms with Gasteiger partial charge in [-0.3, -0.25) is 14.5 Å². The zero-order valence-electron chi connectivity index (χ0n) is 16.2. The predicted molar refractivity (Wildman–Crippen MR) is 105 cm³/mol. The van der Waals surface area contributed by atoms with Crippen molar-refractivity contribution in [1.82, 2.24) is 4.98 Å². The molecule has 1 aromatic heterocycles. The van der Waals surface area contributed by atoms with Gasteiger partial charge in [-0.15, -0.1) is 0 Å². The molecule has 2 aromatic rings. The maximum Gasteiger partial charge on any atom is 0.272 e. The van der Waals surface area contributed by atoms with Crippen molar-refractivity contribution in [3.63, 3.8) is 0 Å². The van der Waals surface area contributed by atoms with Gasteiger partial charge in [0.25, 0.3) is 5.91 Å². The Bertz CT molecular complexity index is 923. The normalized spacial score (nSPS) is 16.3. The van der Waals surface area contributed by atoms with Crippen LogP contribution in [0.4, 0.5) is 17.3 Å². The van der Waals surface area contributed by atoms with Crippen molar-refractivity contribution in [2.45, 2.75) is 46.3 Å². The highest BCUT2D eigenvalue weighted by atomic mass is 16.5. The standard InChI is InChI=1S/C20H24N4O3/c1-11-7-6-8-14(12(11)2)22-18(25)13(3)24-17-15(9-10-16(21)23-17)27-20(4,5)19(24)26/h6-10,13H,1-5H3,(H2,21,23)(H,22,25). The number of fused-ring (bicyclic) bond motifs is 1. The van der Waals surface area contributed by atoms with Gasteiger partial charge in [-0.05, 0) is 63.9 Å². The van der Waals surface area contributed by atoms with Gasteiger partial charge >= 0.3 is 0 Å². The van der Waals surface area contributed by atoms with E-state index in [1.165, 1.54) is 4.90 Å². The summed E-state index contributed by atoms with van der Waals surface area (Å²) in [5.74, 6) is 0.252. The predicted octanol–water partition coefficient (Wildman–Crippen LogP) is 2.81. The van der Waals surface area contributed by atoms with Crippen molar-refractivity contribution in [1.29, 1.82) is 0 Å². The molecule has 7 nitrogen and oxygen atoms in total. The third-order valence-corrected chi connectivity index (χ3v) is 4.82. The number of anilines is 3. The van der Waals surface area contributed by atoms with Gasteiger partial charge in [-0.1, -0.05) is 12.1 Å². The number of hydrogen-bond donors (Lipinski definition) is 2. The molecule has 0 radical (unpaired) electrons. The van der Waals surface area contributed by atoms with Crippen LogP contribution >= 0.6 is 0 Å². The van der Waals surface area contributed by atoms with E-state index in [0.717, 1.165) is 11.1 Å². The zero-order chi connectivity index (χ0) is 19.9. The minimum Gasteiger partial charge on any atom is -0.474 e. The number of nitrogens with one attached hydrogen (secondary N) is 1. The first kappa shape index (κ1) is 18.7. The number of benzene rings is 1. The molecule has 1 aromatic carbocycles. The summed E-state index contributed by atoms with van der Waals surface area (Å²) in [4.78, 5) is 31.5. The van der Waals surface area contributed by atoms with E-state index in [1.54, 1.807) is 32.9 Å². The number of carbonyl (C=O) groups excluding carboxylic acids is 2. The highest BCUT2D eigenvalue weighted by Gasteiger charge is 2.45. The number of nitrogen functional groups attached to an aromatic ring is 1. The first-order chi connectivity index (χ1) is 12.6. The Morgan fingerprint density at radius 1 is 1.26 bits per heavy atom. The van der Waals surface area contributed by atoms with Crippen LogP contribution in [0.2, 0.25) is 0 Å². The van der Waals surface area contributed by atoms with Crippen molar-refractivity contribution < 1.29 is 14.3 Å². The molecule has 3 rings (SSSR count). The summed E-state index contributed by atoms with van der Waals surface area (Å²) in [6.45, 7) is 8.91. The fraction of sp³-hybridized carbons (Fsp3) is 0.350. The van der Waals surface area contributed by atoms with Crippen molar-refractivity contribution in [3.8, 4) is 5.75 Å². The summed E-state index contributed by atoms with van der Waals surface area (Å²) in [6, 6.07) is 8.16. The van der Waals surface area contributed by atoms with Crippen LogP contribution in [0.3, 0.4) is 0 Å². The minimum absolute atomic E-state index is 0.247. The van der Waals surface area contributed by atoms with Gasteiger partial charge in [0.05, 0.1) is 0 Å². The molecular formula is C20H24N4O3. The Kier molecular flexibility index (Phi) is 4.55. The van der Waals surface area contributed by atoms with Gasteiger partial charge in [-0.2, -0.15) is 0 Å². The highest BCUT2D eigenvalue weighted by molar-refractivity contribution is 6.08. The van der Waals surface area contributed by atoms with E-state index in [1.807, 2.05) is 32.0 Å². The smallest absolute Gasteiger partial charge is 0.272 e. The lowest BCUT2D eigenvalue weighted by atomic mass is 10.0. The van der Waals surface area contributed by atoms with E-state index in [2.05, 4.69) is 10.3 Å². The molecule has 27 heavy (non-hydrogen) atoms. The number of nitrogens with zero attached hydrogens (tertiary/aromatic N) is 2. The van der Waals surface area contributed by atoms with Crippen LogP contribution in [0.15, 0.2) is 30.3 Å². The Morgan fingerprint density at radius 2 is 1.96 bits per heavy atom. The lowest BCUT2D eigenvalue weighted by Gasteiger charge is -2.40. The second-order valence-electron chi connectivity index (χ2n) is 7.26. The van der Waals surface area contributed by atoms with Gasteiger partial charge in [-0.25, -0.2) is 4.98 Å². The average molecular weight is 368 g/mol. The number of ether oxygens (including phenoxy) is 1.